The first kappa shape index (κ1) is 14.8. The standard InChI is InChI=1S/C16H18N2O3/c1-20-16-8-7-13(12-18-16)11-17-15(19)9-10-21-14-5-3-2-4-6-14/h2-8,12H,9-11H2,1H3,(H,17,19). The van der Waals surface area contributed by atoms with Crippen molar-refractivity contribution < 1.29 is 14.3 Å². The van der Waals surface area contributed by atoms with Crippen molar-refractivity contribution >= 4 is 5.91 Å². The highest BCUT2D eigenvalue weighted by atomic mass is 16.5. The van der Waals surface area contributed by atoms with E-state index in [1.165, 1.54) is 0 Å². The zero-order chi connectivity index (χ0) is 14.9. The van der Waals surface area contributed by atoms with Crippen LogP contribution in [0, 0.1) is 0 Å². The SMILES string of the molecule is COc1ccc(CNC(=O)CCOc2ccccc2)cn1. The molecule has 1 heterocycles. The predicted octanol–water partition coefficient (Wildman–Crippen LogP) is 2.18. The molecular weight excluding hydrogens is 268 g/mol. The lowest BCUT2D eigenvalue weighted by molar-refractivity contribution is -0.121. The molecule has 21 heavy (non-hydrogen) atoms. The van der Waals surface area contributed by atoms with Gasteiger partial charge in [-0.2, -0.15) is 0 Å². The Balaban J connectivity index is 1.67. The summed E-state index contributed by atoms with van der Waals surface area (Å²) in [5.74, 6) is 1.27. The Morgan fingerprint density at radius 3 is 2.67 bits per heavy atom. The summed E-state index contributed by atoms with van der Waals surface area (Å²) in [4.78, 5) is 15.8. The third kappa shape index (κ3) is 5.14. The minimum atomic E-state index is -0.0539. The van der Waals surface area contributed by atoms with Crippen LogP contribution in [0.4, 0.5) is 0 Å². The van der Waals surface area contributed by atoms with Gasteiger partial charge in [-0.25, -0.2) is 4.98 Å². The number of rotatable bonds is 7. The van der Waals surface area contributed by atoms with Crippen LogP contribution in [0.15, 0.2) is 48.7 Å². The lowest BCUT2D eigenvalue weighted by Crippen LogP contribution is -2.24. The van der Waals surface area contributed by atoms with Crippen LogP contribution in [0.5, 0.6) is 11.6 Å². The first-order chi connectivity index (χ1) is 10.3. The average Bonchev–Trinajstić information content (AvgIpc) is 2.54. The van der Waals surface area contributed by atoms with Crippen molar-refractivity contribution in [3.8, 4) is 11.6 Å². The van der Waals surface area contributed by atoms with Gasteiger partial charge in [-0.1, -0.05) is 24.3 Å². The molecule has 2 aromatic rings. The van der Waals surface area contributed by atoms with E-state index in [0.29, 0.717) is 25.5 Å². The van der Waals surface area contributed by atoms with Crippen LogP contribution in [0.2, 0.25) is 0 Å². The Bertz CT molecular complexity index is 555. The first-order valence-electron chi connectivity index (χ1n) is 6.71. The molecule has 0 saturated carbocycles. The summed E-state index contributed by atoms with van der Waals surface area (Å²) in [7, 11) is 1.57. The summed E-state index contributed by atoms with van der Waals surface area (Å²) < 4.78 is 10.4. The van der Waals surface area contributed by atoms with Crippen LogP contribution in [0.25, 0.3) is 0 Å². The van der Waals surface area contributed by atoms with Gasteiger partial charge in [-0.3, -0.25) is 4.79 Å². The van der Waals surface area contributed by atoms with E-state index in [0.717, 1.165) is 11.3 Å². The summed E-state index contributed by atoms with van der Waals surface area (Å²) in [5.41, 5.74) is 0.924. The number of carbonyl (C=O) groups is 1. The fraction of sp³-hybridized carbons (Fsp3) is 0.250. The Kier molecular flexibility index (Phi) is 5.58. The van der Waals surface area contributed by atoms with Gasteiger partial charge in [0, 0.05) is 18.8 Å². The summed E-state index contributed by atoms with van der Waals surface area (Å²) in [5, 5.41) is 2.82. The van der Waals surface area contributed by atoms with Crippen LogP contribution in [0.3, 0.4) is 0 Å². The number of hydrogen-bond donors (Lipinski definition) is 1. The van der Waals surface area contributed by atoms with Crippen LogP contribution in [-0.2, 0) is 11.3 Å². The van der Waals surface area contributed by atoms with Gasteiger partial charge in [0.25, 0.3) is 0 Å². The molecule has 1 aromatic heterocycles. The van der Waals surface area contributed by atoms with Gasteiger partial charge >= 0.3 is 0 Å². The number of aromatic nitrogens is 1. The summed E-state index contributed by atoms with van der Waals surface area (Å²) in [6, 6.07) is 13.1. The van der Waals surface area contributed by atoms with Crippen molar-refractivity contribution in [3.63, 3.8) is 0 Å². The Morgan fingerprint density at radius 2 is 2.00 bits per heavy atom. The topological polar surface area (TPSA) is 60.5 Å². The average molecular weight is 286 g/mol. The molecule has 2 rings (SSSR count). The van der Waals surface area contributed by atoms with E-state index in [2.05, 4.69) is 10.3 Å². The van der Waals surface area contributed by atoms with E-state index >= 15 is 0 Å². The number of pyridine rings is 1. The van der Waals surface area contributed by atoms with Gasteiger partial charge in [0.2, 0.25) is 11.8 Å². The van der Waals surface area contributed by atoms with Gasteiger partial charge in [0.05, 0.1) is 20.1 Å². The highest BCUT2D eigenvalue weighted by Gasteiger charge is 2.03. The van der Waals surface area contributed by atoms with Crippen molar-refractivity contribution in [3.05, 3.63) is 54.2 Å². The summed E-state index contributed by atoms with van der Waals surface area (Å²) in [6.45, 7) is 0.803. The Hall–Kier alpha value is -2.56. The van der Waals surface area contributed by atoms with E-state index in [-0.39, 0.29) is 5.91 Å². The van der Waals surface area contributed by atoms with Gasteiger partial charge in [0.1, 0.15) is 5.75 Å². The maximum atomic E-state index is 11.7. The van der Waals surface area contributed by atoms with Gasteiger partial charge in [-0.05, 0) is 17.7 Å². The van der Waals surface area contributed by atoms with Crippen LogP contribution in [0.1, 0.15) is 12.0 Å². The molecule has 5 heteroatoms. The number of para-hydroxylation sites is 1. The van der Waals surface area contributed by atoms with Crippen LogP contribution in [-0.4, -0.2) is 24.6 Å². The number of benzene rings is 1. The molecule has 5 nitrogen and oxygen atoms in total. The maximum absolute atomic E-state index is 11.7. The highest BCUT2D eigenvalue weighted by molar-refractivity contribution is 5.75. The van der Waals surface area contributed by atoms with Crippen molar-refractivity contribution in [2.45, 2.75) is 13.0 Å². The van der Waals surface area contributed by atoms with E-state index in [4.69, 9.17) is 9.47 Å². The normalized spacial score (nSPS) is 9.95. The molecule has 0 aliphatic carbocycles. The first-order valence-corrected chi connectivity index (χ1v) is 6.71. The molecule has 0 atom stereocenters. The Morgan fingerprint density at radius 1 is 1.19 bits per heavy atom. The summed E-state index contributed by atoms with van der Waals surface area (Å²) in [6.07, 6.45) is 2.00. The largest absolute Gasteiger partial charge is 0.493 e. The van der Waals surface area contributed by atoms with Crippen molar-refractivity contribution in [2.75, 3.05) is 13.7 Å². The second-order valence-corrected chi connectivity index (χ2v) is 4.40. The lowest BCUT2D eigenvalue weighted by Gasteiger charge is -2.07. The number of ether oxygens (including phenoxy) is 2. The second kappa shape index (κ2) is 7.89. The lowest BCUT2D eigenvalue weighted by atomic mass is 10.3. The smallest absolute Gasteiger partial charge is 0.223 e. The molecule has 0 spiro atoms. The molecule has 0 bridgehead atoms. The van der Waals surface area contributed by atoms with Crippen molar-refractivity contribution in [2.24, 2.45) is 0 Å². The van der Waals surface area contributed by atoms with Gasteiger partial charge in [-0.15, -0.1) is 0 Å². The number of hydrogen-bond acceptors (Lipinski definition) is 4. The fourth-order valence-corrected chi connectivity index (χ4v) is 1.70. The number of carbonyl (C=O) groups excluding carboxylic acids is 1. The fourth-order valence-electron chi connectivity index (χ4n) is 1.70. The number of amides is 1. The molecule has 1 N–H and O–H groups in total. The molecule has 0 fully saturated rings. The molecule has 110 valence electrons. The molecule has 0 aliphatic heterocycles. The van der Waals surface area contributed by atoms with Crippen molar-refractivity contribution in [1.82, 2.24) is 10.3 Å². The van der Waals surface area contributed by atoms with E-state index in [1.807, 2.05) is 36.4 Å². The Labute approximate surface area is 123 Å². The minimum absolute atomic E-state index is 0.0539. The third-order valence-electron chi connectivity index (χ3n) is 2.84. The molecular formula is C16H18N2O3. The highest BCUT2D eigenvalue weighted by Crippen LogP contribution is 2.08. The van der Waals surface area contributed by atoms with Gasteiger partial charge < -0.3 is 14.8 Å². The van der Waals surface area contributed by atoms with E-state index in [1.54, 1.807) is 19.4 Å². The monoisotopic (exact) mass is 286 g/mol. The van der Waals surface area contributed by atoms with Gasteiger partial charge in [0.15, 0.2) is 0 Å². The maximum Gasteiger partial charge on any atom is 0.223 e. The molecule has 1 amide bonds. The second-order valence-electron chi connectivity index (χ2n) is 4.40. The third-order valence-corrected chi connectivity index (χ3v) is 2.84. The van der Waals surface area contributed by atoms with E-state index in [9.17, 15) is 4.79 Å². The van der Waals surface area contributed by atoms with Crippen LogP contribution < -0.4 is 14.8 Å². The predicted molar refractivity (Wildman–Crippen MR) is 79.2 cm³/mol. The molecule has 1 aromatic carbocycles. The number of nitrogens with zero attached hydrogens (tertiary/aromatic N) is 1. The molecule has 0 radical (unpaired) electrons. The summed E-state index contributed by atoms with van der Waals surface area (Å²) >= 11 is 0. The van der Waals surface area contributed by atoms with E-state index < -0.39 is 0 Å². The zero-order valence-electron chi connectivity index (χ0n) is 11.9. The number of nitrogens with one attached hydrogen (secondary N) is 1. The zero-order valence-corrected chi connectivity index (χ0v) is 11.9. The minimum Gasteiger partial charge on any atom is -0.493 e. The number of methoxy groups -OCH3 is 1. The molecule has 0 saturated heterocycles. The quantitative estimate of drug-likeness (QED) is 0.847. The molecule has 0 aliphatic rings. The van der Waals surface area contributed by atoms with Crippen molar-refractivity contribution in [1.29, 1.82) is 0 Å². The molecule has 0 unspecified atom stereocenters. The van der Waals surface area contributed by atoms with Crippen LogP contribution >= 0.6 is 0 Å².